The Morgan fingerprint density at radius 3 is 1.45 bits per heavy atom. The first kappa shape index (κ1) is 60.4. The highest BCUT2D eigenvalue weighted by molar-refractivity contribution is 7.85. The molecule has 0 bridgehead atoms. The normalized spacial score (nSPS) is 20.0. The van der Waals surface area contributed by atoms with Crippen molar-refractivity contribution in [3.8, 4) is 0 Å². The summed E-state index contributed by atoms with van der Waals surface area (Å²) in [5.74, 6) is -2.02. The van der Waals surface area contributed by atoms with Crippen LogP contribution in [-0.4, -0.2) is 96.0 Å². The van der Waals surface area contributed by atoms with Gasteiger partial charge in [-0.25, -0.2) is 0 Å². The fraction of sp³-hybridized carbons (Fsp3) is 0.769. The summed E-state index contributed by atoms with van der Waals surface area (Å²) < 4.78 is 54.2. The van der Waals surface area contributed by atoms with Crippen molar-refractivity contribution in [2.24, 2.45) is 0 Å². The molecular weight excluding hydrogens is 849 g/mol. The van der Waals surface area contributed by atoms with Gasteiger partial charge in [-0.1, -0.05) is 190 Å². The van der Waals surface area contributed by atoms with Gasteiger partial charge in [0.15, 0.2) is 12.4 Å². The van der Waals surface area contributed by atoms with E-state index in [1.807, 2.05) is 0 Å². The van der Waals surface area contributed by atoms with Gasteiger partial charge in [0, 0.05) is 12.8 Å². The fourth-order valence-corrected chi connectivity index (χ4v) is 8.16. The van der Waals surface area contributed by atoms with Crippen LogP contribution in [0.5, 0.6) is 0 Å². The maximum Gasteiger partial charge on any atom is 0.306 e. The Labute approximate surface area is 394 Å². The quantitative estimate of drug-likeness (QED) is 0.0197. The number of esters is 2. The minimum atomic E-state index is -4.61. The lowest BCUT2D eigenvalue weighted by Gasteiger charge is -2.40. The second-order valence-electron chi connectivity index (χ2n) is 17.5. The molecular formula is C52H90O12S. The summed E-state index contributed by atoms with van der Waals surface area (Å²) in [5.41, 5.74) is 0. The number of aliphatic hydroxyl groups excluding tert-OH is 3. The predicted octanol–water partition coefficient (Wildman–Crippen LogP) is 11.3. The third kappa shape index (κ3) is 36.1. The van der Waals surface area contributed by atoms with Crippen molar-refractivity contribution in [1.29, 1.82) is 0 Å². The monoisotopic (exact) mass is 939 g/mol. The molecule has 0 aliphatic carbocycles. The zero-order valence-electron chi connectivity index (χ0n) is 40.3. The average Bonchev–Trinajstić information content (AvgIpc) is 3.27. The fourth-order valence-electron chi connectivity index (χ4n) is 7.47. The molecule has 1 saturated heterocycles. The molecule has 1 aliphatic rings. The summed E-state index contributed by atoms with van der Waals surface area (Å²) in [5, 5.41) is 31.0. The van der Waals surface area contributed by atoms with Gasteiger partial charge >= 0.3 is 11.9 Å². The average molecular weight is 939 g/mol. The number of carbonyl (C=O) groups is 2. The molecule has 1 heterocycles. The van der Waals surface area contributed by atoms with Crippen LogP contribution in [0.1, 0.15) is 200 Å². The molecule has 4 N–H and O–H groups in total. The van der Waals surface area contributed by atoms with Crippen molar-refractivity contribution in [2.75, 3.05) is 19.0 Å². The maximum absolute atomic E-state index is 12.9. The Morgan fingerprint density at radius 1 is 0.538 bits per heavy atom. The minimum absolute atomic E-state index is 0.124. The van der Waals surface area contributed by atoms with E-state index in [-0.39, 0.29) is 19.4 Å². The number of aliphatic hydroxyl groups is 3. The SMILES string of the molecule is CC/C=C/C/C=C/C/C=C/C/C=C/C/C=C/CCCCCC(=O)O[C@H](COC(=O)CCCCCCCCCCCCCCCCCCCC)CO[C@H]1O[C@H](CS(=O)(=O)O)[C@@H](O)C(O)C1O. The van der Waals surface area contributed by atoms with Crippen LogP contribution in [0.15, 0.2) is 60.8 Å². The van der Waals surface area contributed by atoms with Crippen molar-refractivity contribution in [2.45, 2.75) is 237 Å². The van der Waals surface area contributed by atoms with Gasteiger partial charge in [0.1, 0.15) is 36.8 Å². The molecule has 13 heteroatoms. The van der Waals surface area contributed by atoms with Gasteiger partial charge in [0.05, 0.1) is 6.61 Å². The van der Waals surface area contributed by atoms with Crippen LogP contribution in [-0.2, 0) is 38.7 Å². The van der Waals surface area contributed by atoms with Crippen LogP contribution in [0, 0.1) is 0 Å². The summed E-state index contributed by atoms with van der Waals surface area (Å²) in [6, 6.07) is 0. The van der Waals surface area contributed by atoms with Crippen LogP contribution in [0.3, 0.4) is 0 Å². The summed E-state index contributed by atoms with van der Waals surface area (Å²) in [4.78, 5) is 25.5. The highest BCUT2D eigenvalue weighted by Crippen LogP contribution is 2.24. The Balaban J connectivity index is 2.41. The highest BCUT2D eigenvalue weighted by atomic mass is 32.2. The Kier molecular flexibility index (Phi) is 38.6. The first-order chi connectivity index (χ1) is 31.5. The lowest BCUT2D eigenvalue weighted by Crippen LogP contribution is -2.60. The Morgan fingerprint density at radius 2 is 0.969 bits per heavy atom. The van der Waals surface area contributed by atoms with Crippen LogP contribution in [0.2, 0.25) is 0 Å². The highest BCUT2D eigenvalue weighted by Gasteiger charge is 2.46. The predicted molar refractivity (Wildman–Crippen MR) is 261 cm³/mol. The van der Waals surface area contributed by atoms with Gasteiger partial charge < -0.3 is 34.3 Å². The molecule has 376 valence electrons. The number of carbonyl (C=O) groups excluding carboxylic acids is 2. The standard InChI is InChI=1S/C52H90O12S/c1-3-5-7-9-11-13-15-17-19-21-23-25-27-29-31-33-35-37-39-41-48(54)63-45(43-62-52-51(57)50(56)49(55)46(64-52)44-65(58,59)60)42-61-47(53)40-38-36-34-32-30-28-26-24-22-20-18-16-14-12-10-8-6-4-2/h5,7,11,13,17,19,23,25,29,31,45-46,49-52,55-57H,3-4,6,8-10,12,14-16,18,20-22,24,26-28,30,32-44H2,1-2H3,(H,58,59,60)/b7-5+,13-11+,19-17+,25-23+,31-29+/t45-,46-,49-,50?,51?,52+/m1/s1. The molecule has 0 spiro atoms. The van der Waals surface area contributed by atoms with Crippen LogP contribution < -0.4 is 0 Å². The van der Waals surface area contributed by atoms with Crippen molar-refractivity contribution >= 4 is 22.1 Å². The van der Waals surface area contributed by atoms with Crippen molar-refractivity contribution in [3.63, 3.8) is 0 Å². The topological polar surface area (TPSA) is 186 Å². The molecule has 2 unspecified atom stereocenters. The third-order valence-electron chi connectivity index (χ3n) is 11.4. The van der Waals surface area contributed by atoms with E-state index in [4.69, 9.17) is 18.9 Å². The van der Waals surface area contributed by atoms with Gasteiger partial charge in [-0.3, -0.25) is 14.1 Å². The molecule has 1 fully saturated rings. The second-order valence-corrected chi connectivity index (χ2v) is 19.0. The van der Waals surface area contributed by atoms with Gasteiger partial charge in [-0.15, -0.1) is 0 Å². The molecule has 6 atom stereocenters. The molecule has 65 heavy (non-hydrogen) atoms. The van der Waals surface area contributed by atoms with Crippen molar-refractivity contribution in [3.05, 3.63) is 60.8 Å². The van der Waals surface area contributed by atoms with E-state index in [2.05, 4.69) is 74.6 Å². The molecule has 0 aromatic carbocycles. The Hall–Kier alpha value is -2.65. The number of unbranched alkanes of at least 4 members (excludes halogenated alkanes) is 20. The molecule has 0 aromatic rings. The zero-order valence-corrected chi connectivity index (χ0v) is 41.1. The lowest BCUT2D eigenvalue weighted by molar-refractivity contribution is -0.297. The first-order valence-electron chi connectivity index (χ1n) is 25.3. The van der Waals surface area contributed by atoms with Crippen LogP contribution >= 0.6 is 0 Å². The van der Waals surface area contributed by atoms with E-state index in [0.29, 0.717) is 12.8 Å². The molecule has 0 saturated carbocycles. The smallest absolute Gasteiger partial charge is 0.306 e. The van der Waals surface area contributed by atoms with Crippen LogP contribution in [0.25, 0.3) is 0 Å². The summed E-state index contributed by atoms with van der Waals surface area (Å²) in [6.07, 6.45) is 42.6. The summed E-state index contributed by atoms with van der Waals surface area (Å²) in [7, 11) is -4.61. The summed E-state index contributed by atoms with van der Waals surface area (Å²) >= 11 is 0. The van der Waals surface area contributed by atoms with E-state index < -0.39 is 71.2 Å². The maximum atomic E-state index is 12.9. The molecule has 0 aromatic heterocycles. The zero-order chi connectivity index (χ0) is 47.6. The molecule has 12 nitrogen and oxygen atoms in total. The van der Waals surface area contributed by atoms with Crippen molar-refractivity contribution in [1.82, 2.24) is 0 Å². The second kappa shape index (κ2) is 41.5. The number of allylic oxidation sites excluding steroid dienone is 10. The number of hydrogen-bond acceptors (Lipinski definition) is 11. The van der Waals surface area contributed by atoms with Gasteiger partial charge in [0.25, 0.3) is 10.1 Å². The van der Waals surface area contributed by atoms with Gasteiger partial charge in [0.2, 0.25) is 0 Å². The van der Waals surface area contributed by atoms with E-state index in [9.17, 15) is 37.9 Å². The molecule has 1 rings (SSSR count). The van der Waals surface area contributed by atoms with E-state index >= 15 is 0 Å². The number of rotatable bonds is 42. The number of hydrogen-bond donors (Lipinski definition) is 4. The molecule has 0 radical (unpaired) electrons. The van der Waals surface area contributed by atoms with Crippen LogP contribution in [0.4, 0.5) is 0 Å². The van der Waals surface area contributed by atoms with E-state index in [0.717, 1.165) is 70.6 Å². The first-order valence-corrected chi connectivity index (χ1v) is 27.0. The third-order valence-corrected chi connectivity index (χ3v) is 12.1. The largest absolute Gasteiger partial charge is 0.462 e. The molecule has 1 aliphatic heterocycles. The van der Waals surface area contributed by atoms with Crippen molar-refractivity contribution < 1.29 is 56.8 Å². The number of ether oxygens (including phenoxy) is 4. The van der Waals surface area contributed by atoms with E-state index in [1.54, 1.807) is 0 Å². The van der Waals surface area contributed by atoms with E-state index in [1.165, 1.54) is 89.9 Å². The van der Waals surface area contributed by atoms with Gasteiger partial charge in [-0.2, -0.15) is 8.42 Å². The lowest BCUT2D eigenvalue weighted by atomic mass is 10.00. The Bertz CT molecular complexity index is 1420. The summed E-state index contributed by atoms with van der Waals surface area (Å²) in [6.45, 7) is 3.64. The molecule has 0 amide bonds. The van der Waals surface area contributed by atoms with Gasteiger partial charge in [-0.05, 0) is 57.8 Å². The minimum Gasteiger partial charge on any atom is -0.462 e.